The zero-order valence-corrected chi connectivity index (χ0v) is 14.4. The molecule has 0 aliphatic carbocycles. The molecule has 1 atom stereocenters. The predicted molar refractivity (Wildman–Crippen MR) is 94.2 cm³/mol. The number of thiazole rings is 1. The summed E-state index contributed by atoms with van der Waals surface area (Å²) in [6.07, 6.45) is 3.61. The van der Waals surface area contributed by atoms with E-state index < -0.39 is 0 Å². The number of benzene rings is 1. The molecule has 3 aromatic rings. The zero-order valence-electron chi connectivity index (χ0n) is 13.6. The molecule has 0 radical (unpaired) electrons. The molecule has 1 aromatic carbocycles. The van der Waals surface area contributed by atoms with Gasteiger partial charge in [-0.05, 0) is 31.5 Å². The largest absolute Gasteiger partial charge is 0.334 e. The number of urea groups is 1. The Morgan fingerprint density at radius 3 is 2.88 bits per heavy atom. The van der Waals surface area contributed by atoms with Crippen molar-refractivity contribution in [1.29, 1.82) is 0 Å². The van der Waals surface area contributed by atoms with E-state index in [-0.39, 0.29) is 12.1 Å². The van der Waals surface area contributed by atoms with Crippen LogP contribution in [-0.2, 0) is 6.54 Å². The van der Waals surface area contributed by atoms with Crippen molar-refractivity contribution < 1.29 is 4.79 Å². The van der Waals surface area contributed by atoms with Gasteiger partial charge < -0.3 is 10.6 Å². The van der Waals surface area contributed by atoms with Crippen LogP contribution in [0, 0.1) is 6.92 Å². The number of nitrogens with one attached hydrogen (secondary N) is 2. The van der Waals surface area contributed by atoms with E-state index in [0.717, 1.165) is 22.0 Å². The highest BCUT2D eigenvalue weighted by atomic mass is 32.1. The summed E-state index contributed by atoms with van der Waals surface area (Å²) in [4.78, 5) is 16.5. The van der Waals surface area contributed by atoms with Crippen LogP contribution >= 0.6 is 11.3 Å². The van der Waals surface area contributed by atoms with E-state index in [1.54, 1.807) is 22.2 Å². The van der Waals surface area contributed by atoms with Crippen LogP contribution < -0.4 is 10.6 Å². The van der Waals surface area contributed by atoms with Crippen LogP contribution in [0.2, 0.25) is 0 Å². The molecule has 0 bridgehead atoms. The number of aryl methyl sites for hydroxylation is 1. The van der Waals surface area contributed by atoms with Gasteiger partial charge in [0, 0.05) is 24.3 Å². The molecule has 0 saturated carbocycles. The second-order valence-electron chi connectivity index (χ2n) is 5.42. The third-order valence-corrected chi connectivity index (χ3v) is 4.40. The van der Waals surface area contributed by atoms with Crippen LogP contribution in [0.4, 0.5) is 4.79 Å². The Morgan fingerprint density at radius 1 is 1.33 bits per heavy atom. The SMILES string of the molecule is Cc1nc([C@@H](C)NC(=O)NCc2ccccc2-n2cccn2)cs1. The summed E-state index contributed by atoms with van der Waals surface area (Å²) in [5.41, 5.74) is 2.82. The molecule has 0 aliphatic rings. The Bertz CT molecular complexity index is 812. The molecular weight excluding hydrogens is 322 g/mol. The van der Waals surface area contributed by atoms with Crippen LogP contribution in [0.15, 0.2) is 48.1 Å². The fourth-order valence-corrected chi connectivity index (χ4v) is 3.08. The molecule has 2 aromatic heterocycles. The molecule has 124 valence electrons. The van der Waals surface area contributed by atoms with E-state index in [1.165, 1.54) is 0 Å². The second-order valence-corrected chi connectivity index (χ2v) is 6.48. The fraction of sp³-hybridized carbons (Fsp3) is 0.235. The molecular formula is C17H19N5OS. The van der Waals surface area contributed by atoms with Crippen LogP contribution in [0.3, 0.4) is 0 Å². The molecule has 2 amide bonds. The smallest absolute Gasteiger partial charge is 0.315 e. The maximum absolute atomic E-state index is 12.1. The molecule has 0 fully saturated rings. The average molecular weight is 341 g/mol. The number of hydrogen-bond donors (Lipinski definition) is 2. The van der Waals surface area contributed by atoms with Gasteiger partial charge in [-0.25, -0.2) is 14.5 Å². The molecule has 2 heterocycles. The molecule has 0 unspecified atom stereocenters. The predicted octanol–water partition coefficient (Wildman–Crippen LogP) is 3.20. The lowest BCUT2D eigenvalue weighted by Gasteiger charge is -2.14. The van der Waals surface area contributed by atoms with Crippen LogP contribution in [-0.4, -0.2) is 20.8 Å². The van der Waals surface area contributed by atoms with Gasteiger partial charge in [0.2, 0.25) is 0 Å². The topological polar surface area (TPSA) is 71.8 Å². The van der Waals surface area contributed by atoms with E-state index in [1.807, 2.05) is 55.8 Å². The summed E-state index contributed by atoms with van der Waals surface area (Å²) in [5, 5.41) is 13.0. The fourth-order valence-electron chi connectivity index (χ4n) is 2.37. The normalized spacial score (nSPS) is 11.9. The summed E-state index contributed by atoms with van der Waals surface area (Å²) in [7, 11) is 0. The van der Waals surface area contributed by atoms with Gasteiger partial charge in [0.1, 0.15) is 0 Å². The van der Waals surface area contributed by atoms with E-state index in [0.29, 0.717) is 6.54 Å². The van der Waals surface area contributed by atoms with Crippen molar-refractivity contribution >= 4 is 17.4 Å². The Hall–Kier alpha value is -2.67. The molecule has 2 N–H and O–H groups in total. The number of aromatic nitrogens is 3. The van der Waals surface area contributed by atoms with E-state index >= 15 is 0 Å². The third kappa shape index (κ3) is 3.80. The van der Waals surface area contributed by atoms with Crippen molar-refractivity contribution in [3.05, 3.63) is 64.4 Å². The lowest BCUT2D eigenvalue weighted by molar-refractivity contribution is 0.237. The zero-order chi connectivity index (χ0) is 16.9. The highest BCUT2D eigenvalue weighted by Crippen LogP contribution is 2.16. The lowest BCUT2D eigenvalue weighted by atomic mass is 10.2. The molecule has 7 heteroatoms. The molecule has 0 aliphatic heterocycles. The van der Waals surface area contributed by atoms with Crippen LogP contribution in [0.5, 0.6) is 0 Å². The van der Waals surface area contributed by atoms with Gasteiger partial charge in [0.25, 0.3) is 0 Å². The van der Waals surface area contributed by atoms with Gasteiger partial charge in [-0.2, -0.15) is 5.10 Å². The summed E-state index contributed by atoms with van der Waals surface area (Å²) < 4.78 is 1.79. The van der Waals surface area contributed by atoms with Crippen molar-refractivity contribution in [2.75, 3.05) is 0 Å². The number of nitrogens with zero attached hydrogens (tertiary/aromatic N) is 3. The Labute approximate surface area is 144 Å². The standard InChI is InChI=1S/C17H19N5OS/c1-12(15-11-24-13(2)21-15)20-17(23)18-10-14-6-3-4-7-16(14)22-9-5-8-19-22/h3-9,11-12H,10H2,1-2H3,(H2,18,20,23)/t12-/m1/s1. The van der Waals surface area contributed by atoms with Gasteiger partial charge in [0.15, 0.2) is 0 Å². The van der Waals surface area contributed by atoms with Gasteiger partial charge in [0.05, 0.1) is 22.4 Å². The van der Waals surface area contributed by atoms with E-state index in [2.05, 4.69) is 20.7 Å². The Balaban J connectivity index is 1.61. The summed E-state index contributed by atoms with van der Waals surface area (Å²) >= 11 is 1.58. The number of amides is 2. The van der Waals surface area contributed by atoms with Gasteiger partial charge >= 0.3 is 6.03 Å². The monoisotopic (exact) mass is 341 g/mol. The third-order valence-electron chi connectivity index (χ3n) is 3.61. The van der Waals surface area contributed by atoms with Crippen molar-refractivity contribution in [1.82, 2.24) is 25.4 Å². The van der Waals surface area contributed by atoms with Crippen LogP contribution in [0.25, 0.3) is 5.69 Å². The molecule has 0 spiro atoms. The summed E-state index contributed by atoms with van der Waals surface area (Å²) in [5.74, 6) is 0. The number of rotatable bonds is 5. The first-order chi connectivity index (χ1) is 11.6. The quantitative estimate of drug-likeness (QED) is 0.748. The maximum atomic E-state index is 12.1. The average Bonchev–Trinajstić information content (AvgIpc) is 3.24. The summed E-state index contributed by atoms with van der Waals surface area (Å²) in [6, 6.07) is 9.37. The van der Waals surface area contributed by atoms with E-state index in [4.69, 9.17) is 0 Å². The first kappa shape index (κ1) is 16.2. The molecule has 0 saturated heterocycles. The first-order valence-electron chi connectivity index (χ1n) is 7.68. The maximum Gasteiger partial charge on any atom is 0.315 e. The summed E-state index contributed by atoms with van der Waals surface area (Å²) in [6.45, 7) is 4.30. The minimum atomic E-state index is -0.219. The Kier molecular flexibility index (Phi) is 4.90. The Morgan fingerprint density at radius 2 is 2.17 bits per heavy atom. The van der Waals surface area contributed by atoms with Crippen molar-refractivity contribution in [2.24, 2.45) is 0 Å². The van der Waals surface area contributed by atoms with Crippen molar-refractivity contribution in [2.45, 2.75) is 26.4 Å². The number of para-hydroxylation sites is 1. The number of hydrogen-bond acceptors (Lipinski definition) is 4. The van der Waals surface area contributed by atoms with E-state index in [9.17, 15) is 4.79 Å². The van der Waals surface area contributed by atoms with Gasteiger partial charge in [-0.1, -0.05) is 18.2 Å². The molecule has 6 nitrogen and oxygen atoms in total. The van der Waals surface area contributed by atoms with Gasteiger partial charge in [-0.15, -0.1) is 11.3 Å². The molecule has 24 heavy (non-hydrogen) atoms. The second kappa shape index (κ2) is 7.27. The minimum Gasteiger partial charge on any atom is -0.334 e. The van der Waals surface area contributed by atoms with Gasteiger partial charge in [-0.3, -0.25) is 0 Å². The highest BCUT2D eigenvalue weighted by Gasteiger charge is 2.12. The van der Waals surface area contributed by atoms with Crippen molar-refractivity contribution in [3.63, 3.8) is 0 Å². The van der Waals surface area contributed by atoms with Crippen molar-refractivity contribution in [3.8, 4) is 5.69 Å². The molecule has 3 rings (SSSR count). The van der Waals surface area contributed by atoms with Crippen LogP contribution in [0.1, 0.15) is 29.2 Å². The highest BCUT2D eigenvalue weighted by molar-refractivity contribution is 7.09. The number of carbonyl (C=O) groups is 1. The first-order valence-corrected chi connectivity index (χ1v) is 8.56. The number of carbonyl (C=O) groups excluding carboxylic acids is 1. The minimum absolute atomic E-state index is 0.128. The lowest BCUT2D eigenvalue weighted by Crippen LogP contribution is -2.36.